The highest BCUT2D eigenvalue weighted by Gasteiger charge is 2.07. The number of hydrogen-bond acceptors (Lipinski definition) is 3. The van der Waals surface area contributed by atoms with E-state index in [2.05, 4.69) is 24.1 Å². The Hall–Kier alpha value is -0.960. The summed E-state index contributed by atoms with van der Waals surface area (Å²) in [5.74, 6) is 2.07. The van der Waals surface area contributed by atoms with Crippen LogP contribution in [0.15, 0.2) is 18.2 Å². The monoisotopic (exact) mass is 256 g/mol. The van der Waals surface area contributed by atoms with Gasteiger partial charge in [0.1, 0.15) is 5.82 Å². The van der Waals surface area contributed by atoms with Crippen LogP contribution in [0.25, 0.3) is 0 Å². The van der Waals surface area contributed by atoms with Crippen molar-refractivity contribution in [2.45, 2.75) is 32.6 Å². The average molecular weight is 257 g/mol. The molecule has 0 fully saturated rings. The zero-order chi connectivity index (χ0) is 12.7. The van der Waals surface area contributed by atoms with Gasteiger partial charge >= 0.3 is 0 Å². The number of anilines is 1. The van der Waals surface area contributed by atoms with Crippen molar-refractivity contribution in [3.63, 3.8) is 0 Å². The van der Waals surface area contributed by atoms with E-state index in [1.54, 1.807) is 0 Å². The van der Waals surface area contributed by atoms with Crippen molar-refractivity contribution in [1.82, 2.24) is 4.98 Å². The van der Waals surface area contributed by atoms with Crippen LogP contribution in [0.1, 0.15) is 27.2 Å². The van der Waals surface area contributed by atoms with E-state index in [1.165, 1.54) is 0 Å². The molecule has 0 amide bonds. The van der Waals surface area contributed by atoms with Crippen LogP contribution < -0.4 is 10.1 Å². The maximum atomic E-state index is 6.21. The minimum Gasteiger partial charge on any atom is -0.478 e. The molecule has 1 unspecified atom stereocenters. The van der Waals surface area contributed by atoms with Crippen LogP contribution >= 0.6 is 11.6 Å². The van der Waals surface area contributed by atoms with Gasteiger partial charge < -0.3 is 10.1 Å². The molecular formula is C13H21ClN2O. The number of pyridine rings is 1. The van der Waals surface area contributed by atoms with E-state index < -0.39 is 0 Å². The summed E-state index contributed by atoms with van der Waals surface area (Å²) in [5.41, 5.74) is 0. The fraction of sp³-hybridized carbons (Fsp3) is 0.615. The predicted molar refractivity (Wildman–Crippen MR) is 73.0 cm³/mol. The second-order valence-corrected chi connectivity index (χ2v) is 5.02. The molecule has 1 aromatic heterocycles. The van der Waals surface area contributed by atoms with E-state index in [0.29, 0.717) is 18.4 Å². The molecule has 1 aromatic rings. The molecule has 96 valence electrons. The summed E-state index contributed by atoms with van der Waals surface area (Å²) in [4.78, 5) is 4.32. The predicted octanol–water partition coefficient (Wildman–Crippen LogP) is 3.55. The fourth-order valence-corrected chi connectivity index (χ4v) is 1.99. The van der Waals surface area contributed by atoms with Gasteiger partial charge in [0, 0.05) is 12.6 Å². The van der Waals surface area contributed by atoms with Crippen LogP contribution in [0, 0.1) is 5.92 Å². The van der Waals surface area contributed by atoms with Crippen molar-refractivity contribution < 1.29 is 4.74 Å². The molecule has 0 saturated heterocycles. The molecule has 0 bridgehead atoms. The molecule has 1 N–H and O–H groups in total. The molecular weight excluding hydrogens is 236 g/mol. The number of aromatic nitrogens is 1. The quantitative estimate of drug-likeness (QED) is 0.758. The van der Waals surface area contributed by atoms with Gasteiger partial charge in [0.15, 0.2) is 0 Å². The summed E-state index contributed by atoms with van der Waals surface area (Å²) in [5, 5.41) is 3.36. The third kappa shape index (κ3) is 5.78. The molecule has 3 nitrogen and oxygen atoms in total. The second-order valence-electron chi connectivity index (χ2n) is 4.40. The highest BCUT2D eigenvalue weighted by atomic mass is 35.5. The number of alkyl halides is 1. The van der Waals surface area contributed by atoms with Gasteiger partial charge in [-0.15, -0.1) is 11.6 Å². The van der Waals surface area contributed by atoms with Crippen molar-refractivity contribution in [1.29, 1.82) is 0 Å². The molecule has 0 radical (unpaired) electrons. The largest absolute Gasteiger partial charge is 0.478 e. The molecule has 0 aliphatic rings. The molecule has 0 aliphatic heterocycles. The van der Waals surface area contributed by atoms with Crippen molar-refractivity contribution in [2.75, 3.05) is 18.5 Å². The Morgan fingerprint density at radius 3 is 2.82 bits per heavy atom. The number of ether oxygens (including phenoxy) is 1. The molecule has 0 saturated carbocycles. The first-order valence-corrected chi connectivity index (χ1v) is 6.53. The van der Waals surface area contributed by atoms with E-state index in [4.69, 9.17) is 16.3 Å². The average Bonchev–Trinajstić information content (AvgIpc) is 2.26. The van der Waals surface area contributed by atoms with E-state index in [1.807, 2.05) is 25.1 Å². The second kappa shape index (κ2) is 7.38. The summed E-state index contributed by atoms with van der Waals surface area (Å²) >= 11 is 6.21. The number of nitrogens with one attached hydrogen (secondary N) is 1. The summed E-state index contributed by atoms with van der Waals surface area (Å²) in [7, 11) is 0. The van der Waals surface area contributed by atoms with Gasteiger partial charge in [0.25, 0.3) is 0 Å². The van der Waals surface area contributed by atoms with Crippen molar-refractivity contribution >= 4 is 17.4 Å². The maximum Gasteiger partial charge on any atom is 0.215 e. The minimum absolute atomic E-state index is 0.132. The Morgan fingerprint density at radius 2 is 2.18 bits per heavy atom. The highest BCUT2D eigenvalue weighted by molar-refractivity contribution is 6.20. The van der Waals surface area contributed by atoms with Crippen molar-refractivity contribution in [3.05, 3.63) is 18.2 Å². The lowest BCUT2D eigenvalue weighted by Crippen LogP contribution is -2.16. The first-order chi connectivity index (χ1) is 8.11. The molecule has 1 heterocycles. The maximum absolute atomic E-state index is 6.21. The van der Waals surface area contributed by atoms with Crippen LogP contribution in [0.3, 0.4) is 0 Å². The van der Waals surface area contributed by atoms with Crippen LogP contribution in [-0.4, -0.2) is 23.5 Å². The Labute approximate surface area is 109 Å². The Balaban J connectivity index is 2.43. The Bertz CT molecular complexity index is 331. The van der Waals surface area contributed by atoms with E-state index in [-0.39, 0.29) is 5.38 Å². The normalized spacial score (nSPS) is 12.5. The lowest BCUT2D eigenvalue weighted by atomic mass is 10.1. The van der Waals surface area contributed by atoms with Gasteiger partial charge in [-0.2, -0.15) is 4.98 Å². The van der Waals surface area contributed by atoms with Crippen molar-refractivity contribution in [3.8, 4) is 5.88 Å². The molecule has 0 spiro atoms. The van der Waals surface area contributed by atoms with Crippen LogP contribution in [0.2, 0.25) is 0 Å². The highest BCUT2D eigenvalue weighted by Crippen LogP contribution is 2.14. The standard InChI is InChI=1S/C13H21ClN2O/c1-4-17-13-7-5-6-12(16-13)15-9-11(14)8-10(2)3/h5-7,10-11H,4,8-9H2,1-3H3,(H,15,16). The number of nitrogens with zero attached hydrogens (tertiary/aromatic N) is 1. The van der Waals surface area contributed by atoms with Gasteiger partial charge in [-0.1, -0.05) is 19.9 Å². The molecule has 0 aliphatic carbocycles. The van der Waals surface area contributed by atoms with Crippen LogP contribution in [0.4, 0.5) is 5.82 Å². The summed E-state index contributed by atoms with van der Waals surface area (Å²) in [6.07, 6.45) is 1.000. The fourth-order valence-electron chi connectivity index (χ4n) is 1.55. The lowest BCUT2D eigenvalue weighted by molar-refractivity contribution is 0.327. The topological polar surface area (TPSA) is 34.1 Å². The Morgan fingerprint density at radius 1 is 1.41 bits per heavy atom. The minimum atomic E-state index is 0.132. The van der Waals surface area contributed by atoms with Gasteiger partial charge in [0.05, 0.1) is 12.0 Å². The smallest absolute Gasteiger partial charge is 0.215 e. The molecule has 1 atom stereocenters. The third-order valence-electron chi connectivity index (χ3n) is 2.25. The molecule has 0 aromatic carbocycles. The van der Waals surface area contributed by atoms with E-state index >= 15 is 0 Å². The van der Waals surface area contributed by atoms with Crippen molar-refractivity contribution in [2.24, 2.45) is 5.92 Å². The van der Waals surface area contributed by atoms with E-state index in [9.17, 15) is 0 Å². The third-order valence-corrected chi connectivity index (χ3v) is 2.58. The first-order valence-electron chi connectivity index (χ1n) is 6.09. The SMILES string of the molecule is CCOc1cccc(NCC(Cl)CC(C)C)n1. The van der Waals surface area contributed by atoms with Gasteiger partial charge in [0.2, 0.25) is 5.88 Å². The summed E-state index contributed by atoms with van der Waals surface area (Å²) in [6.45, 7) is 7.64. The zero-order valence-electron chi connectivity index (χ0n) is 10.7. The number of hydrogen-bond donors (Lipinski definition) is 1. The summed E-state index contributed by atoms with van der Waals surface area (Å²) < 4.78 is 5.33. The molecule has 17 heavy (non-hydrogen) atoms. The number of halogens is 1. The first kappa shape index (κ1) is 14.1. The van der Waals surface area contributed by atoms with E-state index in [0.717, 1.165) is 18.8 Å². The van der Waals surface area contributed by atoms with Gasteiger partial charge in [-0.25, -0.2) is 0 Å². The Kier molecular flexibility index (Phi) is 6.12. The molecule has 1 rings (SSSR count). The summed E-state index contributed by atoms with van der Waals surface area (Å²) in [6, 6.07) is 5.69. The van der Waals surface area contributed by atoms with Gasteiger partial charge in [-0.05, 0) is 25.3 Å². The zero-order valence-corrected chi connectivity index (χ0v) is 11.5. The van der Waals surface area contributed by atoms with Crippen LogP contribution in [-0.2, 0) is 0 Å². The molecule has 4 heteroatoms. The van der Waals surface area contributed by atoms with Crippen LogP contribution in [0.5, 0.6) is 5.88 Å². The van der Waals surface area contributed by atoms with Gasteiger partial charge in [-0.3, -0.25) is 0 Å². The number of rotatable bonds is 7. The lowest BCUT2D eigenvalue weighted by Gasteiger charge is -2.13.